The second kappa shape index (κ2) is 8.67. The molecule has 4 heterocycles. The molecular formula is C22H28N6O3S. The summed E-state index contributed by atoms with van der Waals surface area (Å²) in [6.07, 6.45) is 0.681. The van der Waals surface area contributed by atoms with Gasteiger partial charge in [-0.1, -0.05) is 26.0 Å². The summed E-state index contributed by atoms with van der Waals surface area (Å²) >= 11 is 0. The fraction of sp³-hybridized carbons (Fsp3) is 0.500. The van der Waals surface area contributed by atoms with E-state index in [1.54, 1.807) is 0 Å². The molecule has 0 saturated carbocycles. The van der Waals surface area contributed by atoms with E-state index in [9.17, 15) is 9.32 Å². The van der Waals surface area contributed by atoms with Crippen molar-refractivity contribution in [1.29, 1.82) is 0 Å². The van der Waals surface area contributed by atoms with Gasteiger partial charge in [0.05, 0.1) is 29.1 Å². The lowest BCUT2D eigenvalue weighted by molar-refractivity contribution is 0.249. The molecule has 170 valence electrons. The van der Waals surface area contributed by atoms with Crippen LogP contribution in [0, 0.1) is 5.92 Å². The van der Waals surface area contributed by atoms with Crippen LogP contribution in [-0.4, -0.2) is 68.8 Å². The van der Waals surface area contributed by atoms with Crippen LogP contribution in [0.15, 0.2) is 33.6 Å². The van der Waals surface area contributed by atoms with Gasteiger partial charge in [-0.2, -0.15) is 9.97 Å². The first kappa shape index (κ1) is 21.1. The molecule has 1 unspecified atom stereocenters. The minimum Gasteiger partial charge on any atom is -0.423 e. The van der Waals surface area contributed by atoms with E-state index in [-0.39, 0.29) is 18.6 Å². The number of aliphatic hydroxyl groups excluding tert-OH is 1. The normalized spacial score (nSPS) is 19.6. The number of fused-ring (bicyclic) bond motifs is 2. The molecule has 1 fully saturated rings. The van der Waals surface area contributed by atoms with E-state index in [2.05, 4.69) is 20.1 Å². The van der Waals surface area contributed by atoms with Gasteiger partial charge in [-0.3, -0.25) is 4.21 Å². The summed E-state index contributed by atoms with van der Waals surface area (Å²) in [4.78, 5) is 19.1. The Hall–Kier alpha value is -2.72. The zero-order valence-corrected chi connectivity index (χ0v) is 19.1. The van der Waals surface area contributed by atoms with E-state index in [0.717, 1.165) is 43.0 Å². The minimum atomic E-state index is -1.11. The molecule has 0 bridgehead atoms. The fourth-order valence-corrected chi connectivity index (χ4v) is 5.43. The maximum absolute atomic E-state index is 12.6. The van der Waals surface area contributed by atoms with Crippen molar-refractivity contribution < 1.29 is 13.7 Å². The number of hydrogen-bond acceptors (Lipinski definition) is 9. The zero-order valence-electron chi connectivity index (χ0n) is 18.3. The van der Waals surface area contributed by atoms with Gasteiger partial charge in [0.15, 0.2) is 5.58 Å². The van der Waals surface area contributed by atoms with E-state index < -0.39 is 10.8 Å². The lowest BCUT2D eigenvalue weighted by Crippen LogP contribution is -2.47. The number of aryl methyl sites for hydroxylation is 1. The predicted molar refractivity (Wildman–Crippen MR) is 125 cm³/mol. The van der Waals surface area contributed by atoms with Crippen molar-refractivity contribution in [3.63, 3.8) is 0 Å². The number of nitrogens with one attached hydrogen (secondary N) is 1. The quantitative estimate of drug-likeness (QED) is 0.576. The average Bonchev–Trinajstić information content (AvgIpc) is 3.41. The molecule has 32 heavy (non-hydrogen) atoms. The van der Waals surface area contributed by atoms with E-state index in [0.29, 0.717) is 34.9 Å². The molecule has 2 aromatic heterocycles. The highest BCUT2D eigenvalue weighted by molar-refractivity contribution is 7.85. The standard InChI is InChI=1S/C22H28N6O3S/c1-14(2)17(13-29)23-20-19-16(7-12-32(19)30)24-21(26-20)27-8-10-28(11-9-27)22-25-15-5-3-4-6-18(15)31-22/h3-6,14,17,29H,7-13H2,1-2H3,(H,23,24,26)/t17?,32-/m1/s1. The number of hydrogen-bond donors (Lipinski definition) is 2. The van der Waals surface area contributed by atoms with Crippen LogP contribution in [0.3, 0.4) is 0 Å². The minimum absolute atomic E-state index is 0.0123. The number of oxazole rings is 1. The molecule has 5 rings (SSSR count). The number of rotatable bonds is 6. The Morgan fingerprint density at radius 2 is 1.88 bits per heavy atom. The molecule has 2 aliphatic heterocycles. The maximum Gasteiger partial charge on any atom is 0.298 e. The second-order valence-electron chi connectivity index (χ2n) is 8.56. The fourth-order valence-electron chi connectivity index (χ4n) is 4.12. The Morgan fingerprint density at radius 1 is 1.12 bits per heavy atom. The largest absolute Gasteiger partial charge is 0.423 e. The van der Waals surface area contributed by atoms with Crippen molar-refractivity contribution in [2.45, 2.75) is 31.2 Å². The molecule has 0 aliphatic carbocycles. The van der Waals surface area contributed by atoms with Gasteiger partial charge >= 0.3 is 0 Å². The van der Waals surface area contributed by atoms with Gasteiger partial charge < -0.3 is 24.6 Å². The highest BCUT2D eigenvalue weighted by Crippen LogP contribution is 2.31. The van der Waals surface area contributed by atoms with Crippen molar-refractivity contribution >= 4 is 39.7 Å². The van der Waals surface area contributed by atoms with Crippen LogP contribution in [0.5, 0.6) is 0 Å². The summed E-state index contributed by atoms with van der Waals surface area (Å²) in [6.45, 7) is 7.01. The van der Waals surface area contributed by atoms with Crippen LogP contribution in [0.1, 0.15) is 19.5 Å². The number of aromatic nitrogens is 3. The van der Waals surface area contributed by atoms with Crippen LogP contribution < -0.4 is 15.1 Å². The van der Waals surface area contributed by atoms with Gasteiger partial charge in [0.25, 0.3) is 6.01 Å². The Bertz CT molecular complexity index is 1110. The van der Waals surface area contributed by atoms with Crippen LogP contribution in [0.4, 0.5) is 17.8 Å². The third kappa shape index (κ3) is 3.93. The number of para-hydroxylation sites is 2. The molecule has 1 saturated heterocycles. The van der Waals surface area contributed by atoms with Crippen LogP contribution >= 0.6 is 0 Å². The summed E-state index contributed by atoms with van der Waals surface area (Å²) in [5.41, 5.74) is 2.50. The second-order valence-corrected chi connectivity index (χ2v) is 10.1. The lowest BCUT2D eigenvalue weighted by Gasteiger charge is -2.34. The first-order valence-corrected chi connectivity index (χ1v) is 12.4. The highest BCUT2D eigenvalue weighted by atomic mass is 32.2. The zero-order chi connectivity index (χ0) is 22.2. The molecule has 2 aliphatic rings. The van der Waals surface area contributed by atoms with Crippen molar-refractivity contribution in [2.24, 2.45) is 5.92 Å². The Balaban J connectivity index is 1.36. The van der Waals surface area contributed by atoms with Gasteiger partial charge in [-0.15, -0.1) is 0 Å². The summed E-state index contributed by atoms with van der Waals surface area (Å²) in [6, 6.07) is 8.26. The first-order valence-electron chi connectivity index (χ1n) is 11.1. The van der Waals surface area contributed by atoms with Gasteiger partial charge in [-0.05, 0) is 18.1 Å². The number of anilines is 3. The molecule has 0 spiro atoms. The number of piperazine rings is 1. The van der Waals surface area contributed by atoms with Gasteiger partial charge in [-0.25, -0.2) is 4.98 Å². The van der Waals surface area contributed by atoms with Crippen LogP contribution in [0.2, 0.25) is 0 Å². The smallest absolute Gasteiger partial charge is 0.298 e. The number of aliphatic hydroxyl groups is 1. The first-order chi connectivity index (χ1) is 15.5. The molecule has 10 heteroatoms. The highest BCUT2D eigenvalue weighted by Gasteiger charge is 2.30. The Kier molecular flexibility index (Phi) is 5.73. The Labute approximate surface area is 189 Å². The molecule has 9 nitrogen and oxygen atoms in total. The molecule has 3 aromatic rings. The third-order valence-corrected chi connectivity index (χ3v) is 7.57. The van der Waals surface area contributed by atoms with E-state index >= 15 is 0 Å². The van der Waals surface area contributed by atoms with Crippen LogP contribution in [0.25, 0.3) is 11.1 Å². The van der Waals surface area contributed by atoms with E-state index in [1.807, 2.05) is 38.1 Å². The van der Waals surface area contributed by atoms with Crippen LogP contribution in [-0.2, 0) is 17.2 Å². The molecule has 2 atom stereocenters. The maximum atomic E-state index is 12.6. The summed E-state index contributed by atoms with van der Waals surface area (Å²) in [7, 11) is -1.11. The number of nitrogens with zero attached hydrogens (tertiary/aromatic N) is 5. The van der Waals surface area contributed by atoms with Crippen molar-refractivity contribution in [3.05, 3.63) is 30.0 Å². The van der Waals surface area contributed by atoms with Gasteiger partial charge in [0.1, 0.15) is 16.2 Å². The third-order valence-electron chi connectivity index (χ3n) is 6.12. The average molecular weight is 457 g/mol. The molecule has 2 N–H and O–H groups in total. The van der Waals surface area contributed by atoms with E-state index in [4.69, 9.17) is 14.4 Å². The van der Waals surface area contributed by atoms with Crippen molar-refractivity contribution in [3.8, 4) is 0 Å². The van der Waals surface area contributed by atoms with Crippen molar-refractivity contribution in [2.75, 3.05) is 53.7 Å². The summed E-state index contributed by atoms with van der Waals surface area (Å²) in [5.74, 6) is 2.01. The monoisotopic (exact) mass is 456 g/mol. The predicted octanol–water partition coefficient (Wildman–Crippen LogP) is 2.04. The van der Waals surface area contributed by atoms with E-state index in [1.165, 1.54) is 0 Å². The molecular weight excluding hydrogens is 428 g/mol. The molecule has 1 aromatic carbocycles. The van der Waals surface area contributed by atoms with Gasteiger partial charge in [0, 0.05) is 38.4 Å². The topological polar surface area (TPSA) is 108 Å². The summed E-state index contributed by atoms with van der Waals surface area (Å²) < 4.78 is 18.5. The van der Waals surface area contributed by atoms with Gasteiger partial charge in [0.2, 0.25) is 5.95 Å². The SMILES string of the molecule is CC(C)C(CO)Nc1nc(N2CCN(c3nc4ccccc4o3)CC2)nc2c1[S@](=O)CC2. The lowest BCUT2D eigenvalue weighted by atomic mass is 10.1. The Morgan fingerprint density at radius 3 is 2.59 bits per heavy atom. The van der Waals surface area contributed by atoms with Crippen molar-refractivity contribution in [1.82, 2.24) is 15.0 Å². The number of benzene rings is 1. The molecule has 0 amide bonds. The summed E-state index contributed by atoms with van der Waals surface area (Å²) in [5, 5.41) is 13.1. The molecule has 0 radical (unpaired) electrons.